The smallest absolute Gasteiger partial charge is 0.306 e. The first-order valence-electron chi connectivity index (χ1n) is 21.5. The van der Waals surface area contributed by atoms with E-state index in [0.717, 1.165) is 83.5 Å². The lowest BCUT2D eigenvalue weighted by atomic mass is 10.1. The summed E-state index contributed by atoms with van der Waals surface area (Å²) in [5.74, 6) is -0.469. The van der Waals surface area contributed by atoms with Crippen LogP contribution in [0.4, 0.5) is 0 Å². The van der Waals surface area contributed by atoms with E-state index in [2.05, 4.69) is 93.7 Å². The van der Waals surface area contributed by atoms with Gasteiger partial charge in [-0.3, -0.25) is 9.59 Å². The first-order valence-corrected chi connectivity index (χ1v) is 21.5. The van der Waals surface area contributed by atoms with Crippen molar-refractivity contribution >= 4 is 11.9 Å². The molecule has 52 heavy (non-hydrogen) atoms. The summed E-state index contributed by atoms with van der Waals surface area (Å²) in [6.45, 7) is 7.53. The number of esters is 2. The fraction of sp³-hybridized carbons (Fsp3) is 0.702. The third-order valence-electron chi connectivity index (χ3n) is 8.73. The van der Waals surface area contributed by atoms with Crippen LogP contribution in [0.15, 0.2) is 72.9 Å². The van der Waals surface area contributed by atoms with Crippen LogP contribution in [0.1, 0.15) is 188 Å². The number of carbonyl (C=O) groups excluding carboxylic acids is 2. The van der Waals surface area contributed by atoms with Crippen molar-refractivity contribution in [2.24, 2.45) is 0 Å². The van der Waals surface area contributed by atoms with Crippen molar-refractivity contribution in [3.05, 3.63) is 72.9 Å². The molecule has 0 N–H and O–H groups in total. The van der Waals surface area contributed by atoms with Gasteiger partial charge in [-0.15, -0.1) is 0 Å². The van der Waals surface area contributed by atoms with Crippen LogP contribution in [-0.4, -0.2) is 37.9 Å². The number of unbranched alkanes of at least 4 members (excludes halogenated alkanes) is 15. The minimum atomic E-state index is -0.555. The molecular formula is C47H80O5. The lowest BCUT2D eigenvalue weighted by Gasteiger charge is -2.18. The first kappa shape index (κ1) is 49.3. The molecule has 0 saturated heterocycles. The highest BCUT2D eigenvalue weighted by atomic mass is 16.6. The molecule has 0 aromatic carbocycles. The van der Waals surface area contributed by atoms with Gasteiger partial charge in [-0.05, 0) is 89.9 Å². The second-order valence-electron chi connectivity index (χ2n) is 13.9. The molecule has 0 aromatic rings. The maximum atomic E-state index is 12.5. The third-order valence-corrected chi connectivity index (χ3v) is 8.73. The molecule has 0 fully saturated rings. The number of allylic oxidation sites excluding steroid dienone is 12. The van der Waals surface area contributed by atoms with E-state index in [1.165, 1.54) is 70.6 Å². The van der Waals surface area contributed by atoms with Gasteiger partial charge < -0.3 is 14.2 Å². The van der Waals surface area contributed by atoms with Gasteiger partial charge in [-0.25, -0.2) is 0 Å². The molecule has 0 aliphatic heterocycles. The van der Waals surface area contributed by atoms with Gasteiger partial charge in [0, 0.05) is 19.4 Å². The molecular weight excluding hydrogens is 645 g/mol. The second-order valence-corrected chi connectivity index (χ2v) is 13.9. The predicted molar refractivity (Wildman–Crippen MR) is 224 cm³/mol. The Morgan fingerprint density at radius 1 is 0.442 bits per heavy atom. The number of hydrogen-bond donors (Lipinski definition) is 0. The summed E-state index contributed by atoms with van der Waals surface area (Å²) in [6, 6.07) is 0. The summed E-state index contributed by atoms with van der Waals surface area (Å²) in [4.78, 5) is 24.9. The normalized spacial score (nSPS) is 12.9. The molecule has 0 aliphatic rings. The van der Waals surface area contributed by atoms with Gasteiger partial charge in [-0.1, -0.05) is 158 Å². The lowest BCUT2D eigenvalue weighted by molar-refractivity contribution is -0.163. The fourth-order valence-electron chi connectivity index (χ4n) is 5.53. The monoisotopic (exact) mass is 725 g/mol. The zero-order valence-corrected chi connectivity index (χ0v) is 34.1. The number of carbonyl (C=O) groups is 2. The standard InChI is InChI=1S/C47H80O5/c1-4-7-10-13-15-17-19-21-23-25-27-29-31-33-36-39-42-50-43-45(52-47(49)41-38-34-12-9-6-3)44-51-46(48)40-37-35-32-30-28-26-24-22-20-18-16-14-11-8-5-2/h8,11,15-18,21-24,28,30,45H,4-7,9-10,12-14,19-20,25-27,29,31-44H2,1-3H3/b11-8-,17-15-,18-16-,23-21-,24-22-,30-28-. The molecule has 0 spiro atoms. The van der Waals surface area contributed by atoms with Crippen LogP contribution >= 0.6 is 0 Å². The summed E-state index contributed by atoms with van der Waals surface area (Å²) in [7, 11) is 0. The predicted octanol–water partition coefficient (Wildman–Crippen LogP) is 14.0. The van der Waals surface area contributed by atoms with Crippen LogP contribution < -0.4 is 0 Å². The Morgan fingerprint density at radius 3 is 1.46 bits per heavy atom. The van der Waals surface area contributed by atoms with E-state index in [1.54, 1.807) is 0 Å². The molecule has 298 valence electrons. The Hall–Kier alpha value is -2.66. The van der Waals surface area contributed by atoms with Crippen molar-refractivity contribution in [2.75, 3.05) is 19.8 Å². The zero-order chi connectivity index (χ0) is 37.8. The number of hydrogen-bond acceptors (Lipinski definition) is 5. The lowest BCUT2D eigenvalue weighted by Crippen LogP contribution is -2.30. The Labute approximate surface area is 321 Å². The molecule has 0 aromatic heterocycles. The van der Waals surface area contributed by atoms with Crippen LogP contribution in [-0.2, 0) is 23.8 Å². The maximum absolute atomic E-state index is 12.5. The molecule has 5 nitrogen and oxygen atoms in total. The highest BCUT2D eigenvalue weighted by Gasteiger charge is 2.17. The van der Waals surface area contributed by atoms with E-state index in [-0.39, 0.29) is 25.2 Å². The SMILES string of the molecule is CC/C=C\C/C=C\C/C=C\C/C=C\CCCCC(=O)OCC(COCCCCCCCC/C=C\C/C=C\CCCCC)OC(=O)CCCCCCC. The molecule has 0 rings (SSSR count). The first-order chi connectivity index (χ1) is 25.6. The highest BCUT2D eigenvalue weighted by molar-refractivity contribution is 5.70. The molecule has 0 saturated carbocycles. The summed E-state index contributed by atoms with van der Waals surface area (Å²) >= 11 is 0. The van der Waals surface area contributed by atoms with E-state index >= 15 is 0 Å². The van der Waals surface area contributed by atoms with Crippen molar-refractivity contribution in [1.29, 1.82) is 0 Å². The zero-order valence-electron chi connectivity index (χ0n) is 34.1. The second kappa shape index (κ2) is 42.8. The van der Waals surface area contributed by atoms with E-state index in [1.807, 2.05) is 0 Å². The van der Waals surface area contributed by atoms with Crippen molar-refractivity contribution in [3.63, 3.8) is 0 Å². The van der Waals surface area contributed by atoms with Crippen LogP contribution in [0.25, 0.3) is 0 Å². The van der Waals surface area contributed by atoms with E-state index in [9.17, 15) is 9.59 Å². The summed E-state index contributed by atoms with van der Waals surface area (Å²) < 4.78 is 17.1. The molecule has 0 aliphatic carbocycles. The Kier molecular flexibility index (Phi) is 40.6. The third kappa shape index (κ3) is 40.1. The van der Waals surface area contributed by atoms with Crippen LogP contribution in [0.5, 0.6) is 0 Å². The Balaban J connectivity index is 4.18. The van der Waals surface area contributed by atoms with Crippen LogP contribution in [0.3, 0.4) is 0 Å². The Morgan fingerprint density at radius 2 is 0.865 bits per heavy atom. The molecule has 0 bridgehead atoms. The molecule has 1 unspecified atom stereocenters. The van der Waals surface area contributed by atoms with E-state index < -0.39 is 6.10 Å². The van der Waals surface area contributed by atoms with Gasteiger partial charge in [0.05, 0.1) is 6.61 Å². The van der Waals surface area contributed by atoms with Crippen molar-refractivity contribution in [2.45, 2.75) is 194 Å². The van der Waals surface area contributed by atoms with Crippen LogP contribution in [0, 0.1) is 0 Å². The minimum absolute atomic E-state index is 0.0565. The van der Waals surface area contributed by atoms with Gasteiger partial charge in [-0.2, -0.15) is 0 Å². The Bertz CT molecular complexity index is 957. The van der Waals surface area contributed by atoms with Gasteiger partial charge in [0.1, 0.15) is 6.61 Å². The quantitative estimate of drug-likeness (QED) is 0.0360. The molecule has 0 amide bonds. The van der Waals surface area contributed by atoms with Crippen molar-refractivity contribution in [3.8, 4) is 0 Å². The molecule has 0 radical (unpaired) electrons. The van der Waals surface area contributed by atoms with E-state index in [0.29, 0.717) is 19.4 Å². The van der Waals surface area contributed by atoms with E-state index in [4.69, 9.17) is 14.2 Å². The summed E-state index contributed by atoms with van der Waals surface area (Å²) in [6.07, 6.45) is 53.5. The number of rotatable bonds is 38. The highest BCUT2D eigenvalue weighted by Crippen LogP contribution is 2.11. The van der Waals surface area contributed by atoms with Crippen molar-refractivity contribution in [1.82, 2.24) is 0 Å². The molecule has 0 heterocycles. The van der Waals surface area contributed by atoms with Crippen molar-refractivity contribution < 1.29 is 23.8 Å². The maximum Gasteiger partial charge on any atom is 0.306 e. The topological polar surface area (TPSA) is 61.8 Å². The summed E-state index contributed by atoms with van der Waals surface area (Å²) in [5.41, 5.74) is 0. The minimum Gasteiger partial charge on any atom is -0.462 e. The van der Waals surface area contributed by atoms with Gasteiger partial charge >= 0.3 is 11.9 Å². The average Bonchev–Trinajstić information content (AvgIpc) is 3.14. The molecule has 1 atom stereocenters. The average molecular weight is 725 g/mol. The molecule has 5 heteroatoms. The summed E-state index contributed by atoms with van der Waals surface area (Å²) in [5, 5.41) is 0. The van der Waals surface area contributed by atoms with Gasteiger partial charge in [0.2, 0.25) is 0 Å². The largest absolute Gasteiger partial charge is 0.462 e. The van der Waals surface area contributed by atoms with Crippen LogP contribution in [0.2, 0.25) is 0 Å². The van der Waals surface area contributed by atoms with Gasteiger partial charge in [0.25, 0.3) is 0 Å². The fourth-order valence-corrected chi connectivity index (χ4v) is 5.53. The van der Waals surface area contributed by atoms with Gasteiger partial charge in [0.15, 0.2) is 6.10 Å². The number of ether oxygens (including phenoxy) is 3.